The van der Waals surface area contributed by atoms with Gasteiger partial charge in [-0.2, -0.15) is 5.10 Å². The van der Waals surface area contributed by atoms with Gasteiger partial charge in [0.2, 0.25) is 5.91 Å². The molecule has 0 unspecified atom stereocenters. The van der Waals surface area contributed by atoms with Gasteiger partial charge in [0.1, 0.15) is 0 Å². The maximum atomic E-state index is 12.6. The summed E-state index contributed by atoms with van der Waals surface area (Å²) in [5.41, 5.74) is 4.26. The molecule has 1 aromatic carbocycles. The zero-order chi connectivity index (χ0) is 19.5. The van der Waals surface area contributed by atoms with Crippen LogP contribution < -0.4 is 10.2 Å². The summed E-state index contributed by atoms with van der Waals surface area (Å²) in [6.45, 7) is 6.10. The van der Waals surface area contributed by atoms with Crippen LogP contribution in [0, 0.1) is 12.8 Å². The Labute approximate surface area is 165 Å². The van der Waals surface area contributed by atoms with Gasteiger partial charge in [-0.05, 0) is 42.9 Å². The highest BCUT2D eigenvalue weighted by molar-refractivity contribution is 5.88. The van der Waals surface area contributed by atoms with E-state index >= 15 is 0 Å². The number of aryl methyl sites for hydroxylation is 1. The van der Waals surface area contributed by atoms with Crippen molar-refractivity contribution < 1.29 is 4.79 Å². The summed E-state index contributed by atoms with van der Waals surface area (Å²) in [7, 11) is 0. The predicted octanol–water partition coefficient (Wildman–Crippen LogP) is 3.23. The molecule has 0 spiro atoms. The van der Waals surface area contributed by atoms with E-state index in [0.29, 0.717) is 12.3 Å². The molecule has 4 rings (SSSR count). The van der Waals surface area contributed by atoms with E-state index < -0.39 is 0 Å². The molecule has 28 heavy (non-hydrogen) atoms. The lowest BCUT2D eigenvalue weighted by Crippen LogP contribution is -2.51. The third kappa shape index (κ3) is 3.72. The van der Waals surface area contributed by atoms with Crippen molar-refractivity contribution >= 4 is 22.6 Å². The van der Waals surface area contributed by atoms with Gasteiger partial charge < -0.3 is 10.2 Å². The molecule has 2 atom stereocenters. The number of pyridine rings is 1. The van der Waals surface area contributed by atoms with Crippen LogP contribution in [0.2, 0.25) is 0 Å². The Morgan fingerprint density at radius 2 is 2.18 bits per heavy atom. The van der Waals surface area contributed by atoms with Crippen LogP contribution in [0.3, 0.4) is 0 Å². The van der Waals surface area contributed by atoms with Gasteiger partial charge in [-0.3, -0.25) is 9.89 Å². The number of hydrogen-bond acceptors (Lipinski definition) is 4. The molecule has 0 bridgehead atoms. The number of aromatic nitrogens is 3. The number of anilines is 1. The van der Waals surface area contributed by atoms with Gasteiger partial charge in [-0.1, -0.05) is 31.2 Å². The summed E-state index contributed by atoms with van der Waals surface area (Å²) in [6.07, 6.45) is 6.09. The van der Waals surface area contributed by atoms with Crippen LogP contribution in [-0.2, 0) is 11.2 Å². The van der Waals surface area contributed by atoms with Gasteiger partial charge in [0.15, 0.2) is 5.65 Å². The molecule has 0 radical (unpaired) electrons. The molecule has 1 aliphatic heterocycles. The number of aromatic amines is 1. The molecule has 146 valence electrons. The average Bonchev–Trinajstić information content (AvgIpc) is 3.19. The minimum Gasteiger partial charge on any atom is -0.370 e. The topological polar surface area (TPSA) is 73.9 Å². The van der Waals surface area contributed by atoms with Crippen LogP contribution in [0.4, 0.5) is 5.69 Å². The first-order valence-electron chi connectivity index (χ1n) is 10.0. The normalized spacial score (nSPS) is 19.7. The number of amides is 1. The van der Waals surface area contributed by atoms with Crippen molar-refractivity contribution in [3.05, 3.63) is 53.9 Å². The van der Waals surface area contributed by atoms with Crippen molar-refractivity contribution in [2.75, 3.05) is 18.0 Å². The smallest absolute Gasteiger partial charge is 0.224 e. The van der Waals surface area contributed by atoms with Gasteiger partial charge in [-0.25, -0.2) is 4.98 Å². The van der Waals surface area contributed by atoms with Crippen LogP contribution in [0.5, 0.6) is 0 Å². The first-order valence-corrected chi connectivity index (χ1v) is 10.0. The number of H-pyrrole nitrogens is 1. The van der Waals surface area contributed by atoms with Crippen molar-refractivity contribution in [1.82, 2.24) is 20.5 Å². The van der Waals surface area contributed by atoms with Crippen molar-refractivity contribution in [3.63, 3.8) is 0 Å². The maximum Gasteiger partial charge on any atom is 0.224 e. The number of nitrogens with one attached hydrogen (secondary N) is 2. The Kier molecular flexibility index (Phi) is 5.28. The summed E-state index contributed by atoms with van der Waals surface area (Å²) in [5, 5.41) is 11.4. The first-order chi connectivity index (χ1) is 13.7. The molecule has 0 aliphatic carbocycles. The van der Waals surface area contributed by atoms with Crippen molar-refractivity contribution in [1.29, 1.82) is 0 Å². The molecule has 1 aliphatic rings. The lowest BCUT2D eigenvalue weighted by molar-refractivity contribution is -0.121. The molecule has 6 heteroatoms. The Hall–Kier alpha value is -2.89. The van der Waals surface area contributed by atoms with Crippen molar-refractivity contribution in [2.45, 2.75) is 39.2 Å². The highest BCUT2D eigenvalue weighted by Gasteiger charge is 2.30. The number of fused-ring (bicyclic) bond motifs is 1. The van der Waals surface area contributed by atoms with Crippen LogP contribution in [0.15, 0.2) is 42.7 Å². The highest BCUT2D eigenvalue weighted by atomic mass is 16.1. The van der Waals surface area contributed by atoms with E-state index in [-0.39, 0.29) is 11.9 Å². The van der Waals surface area contributed by atoms with Crippen LogP contribution >= 0.6 is 0 Å². The quantitative estimate of drug-likeness (QED) is 0.716. The third-order valence-corrected chi connectivity index (χ3v) is 5.89. The number of carbonyl (C=O) groups excluding carboxylic acids is 1. The van der Waals surface area contributed by atoms with E-state index in [1.807, 2.05) is 30.6 Å². The number of hydrogen-bond donors (Lipinski definition) is 2. The molecule has 1 saturated heterocycles. The van der Waals surface area contributed by atoms with Gasteiger partial charge >= 0.3 is 0 Å². The fourth-order valence-electron chi connectivity index (χ4n) is 4.21. The number of carbonyl (C=O) groups is 1. The summed E-state index contributed by atoms with van der Waals surface area (Å²) in [6, 6.07) is 10.4. The first kappa shape index (κ1) is 18.5. The van der Waals surface area contributed by atoms with E-state index in [2.05, 4.69) is 51.4 Å². The second kappa shape index (κ2) is 8.00. The van der Waals surface area contributed by atoms with E-state index in [1.54, 1.807) is 0 Å². The molecule has 3 aromatic rings. The Morgan fingerprint density at radius 3 is 3.00 bits per heavy atom. The molecule has 1 amide bonds. The Morgan fingerprint density at radius 1 is 1.32 bits per heavy atom. The minimum absolute atomic E-state index is 0.118. The molecular formula is C22H27N5O. The molecular weight excluding hydrogens is 350 g/mol. The lowest BCUT2D eigenvalue weighted by atomic mass is 9.89. The summed E-state index contributed by atoms with van der Waals surface area (Å²) in [4.78, 5) is 19.4. The van der Waals surface area contributed by atoms with Crippen molar-refractivity contribution in [2.24, 2.45) is 5.92 Å². The van der Waals surface area contributed by atoms with Crippen molar-refractivity contribution in [3.8, 4) is 0 Å². The fourth-order valence-corrected chi connectivity index (χ4v) is 4.21. The molecule has 2 aromatic heterocycles. The number of rotatable bonds is 5. The third-order valence-electron chi connectivity index (χ3n) is 5.89. The largest absolute Gasteiger partial charge is 0.370 e. The number of benzene rings is 1. The summed E-state index contributed by atoms with van der Waals surface area (Å²) in [5.74, 6) is 0.539. The summed E-state index contributed by atoms with van der Waals surface area (Å²) < 4.78 is 0. The van der Waals surface area contributed by atoms with E-state index in [0.717, 1.165) is 42.5 Å². The van der Waals surface area contributed by atoms with Crippen LogP contribution in [0.1, 0.15) is 30.9 Å². The van der Waals surface area contributed by atoms with Crippen LogP contribution in [0.25, 0.3) is 11.0 Å². The standard InChI is InChI=1S/C22H27N5O/c1-3-16-14-27(20-8-10-23-22-18(20)13-24-26-22)11-9-19(16)25-21(28)12-17-7-5-4-6-15(17)2/h4-8,10,13,16,19H,3,9,11-12,14H2,1-2H3,(H,25,28)(H,23,24,26)/t16-,19+/m1/s1. The Bertz CT molecular complexity index is 966. The SMILES string of the molecule is CC[C@@H]1CN(c2ccnc3[nH]ncc23)CC[C@@H]1NC(=O)Cc1ccccc1C. The fraction of sp³-hybridized carbons (Fsp3) is 0.409. The van der Waals surface area contributed by atoms with E-state index in [1.165, 1.54) is 11.3 Å². The van der Waals surface area contributed by atoms with Gasteiger partial charge in [-0.15, -0.1) is 0 Å². The Balaban J connectivity index is 1.43. The monoisotopic (exact) mass is 377 g/mol. The predicted molar refractivity (Wildman–Crippen MR) is 111 cm³/mol. The molecule has 2 N–H and O–H groups in total. The zero-order valence-corrected chi connectivity index (χ0v) is 16.5. The number of nitrogens with zero attached hydrogens (tertiary/aromatic N) is 3. The minimum atomic E-state index is 0.118. The van der Waals surface area contributed by atoms with E-state index in [9.17, 15) is 4.79 Å². The zero-order valence-electron chi connectivity index (χ0n) is 16.5. The molecule has 6 nitrogen and oxygen atoms in total. The van der Waals surface area contributed by atoms with Gasteiger partial charge in [0.05, 0.1) is 23.7 Å². The summed E-state index contributed by atoms with van der Waals surface area (Å²) >= 11 is 0. The highest BCUT2D eigenvalue weighted by Crippen LogP contribution is 2.29. The van der Waals surface area contributed by atoms with Gasteiger partial charge in [0.25, 0.3) is 0 Å². The second-order valence-electron chi connectivity index (χ2n) is 7.64. The number of piperidine rings is 1. The van der Waals surface area contributed by atoms with E-state index in [4.69, 9.17) is 0 Å². The molecule has 0 saturated carbocycles. The second-order valence-corrected chi connectivity index (χ2v) is 7.64. The average molecular weight is 377 g/mol. The van der Waals surface area contributed by atoms with Crippen LogP contribution in [-0.4, -0.2) is 40.2 Å². The lowest BCUT2D eigenvalue weighted by Gasteiger charge is -2.40. The van der Waals surface area contributed by atoms with Gasteiger partial charge in [0, 0.05) is 25.3 Å². The molecule has 1 fully saturated rings. The maximum absolute atomic E-state index is 12.6. The molecule has 3 heterocycles.